The average Bonchev–Trinajstić information content (AvgIpc) is 3.22. The number of hydrogen-bond acceptors (Lipinski definition) is 9. The molecule has 0 radical (unpaired) electrons. The zero-order chi connectivity index (χ0) is 27.4. The number of thiazole rings is 1. The molecule has 4 rings (SSSR count). The fourth-order valence-corrected chi connectivity index (χ4v) is 5.38. The van der Waals surface area contributed by atoms with E-state index in [1.54, 1.807) is 58.4 Å². The zero-order valence-electron chi connectivity index (χ0n) is 22.2. The molecule has 1 atom stereocenters. The highest BCUT2D eigenvalue weighted by Crippen LogP contribution is 2.36. The third kappa shape index (κ3) is 5.04. The van der Waals surface area contributed by atoms with Gasteiger partial charge in [0.15, 0.2) is 27.8 Å². The molecule has 10 heteroatoms. The van der Waals surface area contributed by atoms with Gasteiger partial charge in [-0.05, 0) is 62.2 Å². The van der Waals surface area contributed by atoms with Crippen molar-refractivity contribution in [1.29, 1.82) is 0 Å². The summed E-state index contributed by atoms with van der Waals surface area (Å²) >= 11 is 1.25. The standard InChI is InChI=1S/C28H30N2O7S/c1-7-36-20-11-9-17(13-21(20)34-5)14-23-26(31)30-25(18-10-12-19(33-4)22(15-18)35-6)24(27(32)37-8-2)16(3)29-28(30)38-23/h9-15,25H,7-8H2,1-6H3/b23-14-/t25-/m1/s1. The predicted molar refractivity (Wildman–Crippen MR) is 144 cm³/mol. The van der Waals surface area contributed by atoms with Gasteiger partial charge in [-0.3, -0.25) is 9.36 Å². The lowest BCUT2D eigenvalue weighted by molar-refractivity contribution is -0.139. The number of carbonyl (C=O) groups is 1. The quantitative estimate of drug-likeness (QED) is 0.386. The Morgan fingerprint density at radius 3 is 2.32 bits per heavy atom. The number of ether oxygens (including phenoxy) is 5. The Labute approximate surface area is 224 Å². The van der Waals surface area contributed by atoms with Crippen LogP contribution in [-0.2, 0) is 9.53 Å². The van der Waals surface area contributed by atoms with Crippen molar-refractivity contribution in [3.05, 3.63) is 78.5 Å². The van der Waals surface area contributed by atoms with E-state index in [2.05, 4.69) is 4.99 Å². The highest BCUT2D eigenvalue weighted by molar-refractivity contribution is 7.07. The first kappa shape index (κ1) is 27.0. The Bertz CT molecular complexity index is 1570. The third-order valence-corrected chi connectivity index (χ3v) is 7.01. The summed E-state index contributed by atoms with van der Waals surface area (Å²) in [5, 5.41) is 0. The Morgan fingerprint density at radius 2 is 1.66 bits per heavy atom. The van der Waals surface area contributed by atoms with Crippen LogP contribution in [0.1, 0.15) is 37.9 Å². The Balaban J connectivity index is 1.92. The molecule has 0 saturated heterocycles. The number of carbonyl (C=O) groups excluding carboxylic acids is 1. The van der Waals surface area contributed by atoms with Gasteiger partial charge in [0.2, 0.25) is 0 Å². The average molecular weight is 539 g/mol. The summed E-state index contributed by atoms with van der Waals surface area (Å²) in [6.45, 7) is 6.08. The number of methoxy groups -OCH3 is 3. The molecule has 0 spiro atoms. The van der Waals surface area contributed by atoms with Crippen LogP contribution in [-0.4, -0.2) is 45.1 Å². The maximum absolute atomic E-state index is 13.8. The number of esters is 1. The molecule has 2 aromatic carbocycles. The highest BCUT2D eigenvalue weighted by Gasteiger charge is 2.34. The van der Waals surface area contributed by atoms with Crippen LogP contribution in [0.2, 0.25) is 0 Å². The maximum Gasteiger partial charge on any atom is 0.338 e. The van der Waals surface area contributed by atoms with Gasteiger partial charge >= 0.3 is 5.97 Å². The second-order valence-corrected chi connectivity index (χ2v) is 9.27. The van der Waals surface area contributed by atoms with E-state index in [1.165, 1.54) is 23.0 Å². The summed E-state index contributed by atoms with van der Waals surface area (Å²) < 4.78 is 29.3. The van der Waals surface area contributed by atoms with Crippen molar-refractivity contribution in [3.8, 4) is 23.0 Å². The molecule has 1 aliphatic rings. The molecule has 0 unspecified atom stereocenters. The van der Waals surface area contributed by atoms with Crippen LogP contribution in [0.5, 0.6) is 23.0 Å². The largest absolute Gasteiger partial charge is 0.493 e. The second-order valence-electron chi connectivity index (χ2n) is 8.26. The lowest BCUT2D eigenvalue weighted by Crippen LogP contribution is -2.39. The lowest BCUT2D eigenvalue weighted by Gasteiger charge is -2.25. The van der Waals surface area contributed by atoms with Crippen LogP contribution in [0.3, 0.4) is 0 Å². The SMILES string of the molecule is CCOC(=O)C1=C(C)N=c2s/c(=C\c3ccc(OCC)c(OC)c3)c(=O)n2[C@@H]1c1ccc(OC)c(OC)c1. The van der Waals surface area contributed by atoms with E-state index < -0.39 is 12.0 Å². The first-order valence-electron chi connectivity index (χ1n) is 12.1. The molecular weight excluding hydrogens is 508 g/mol. The molecule has 38 heavy (non-hydrogen) atoms. The minimum atomic E-state index is -0.762. The van der Waals surface area contributed by atoms with Crippen LogP contribution in [0.15, 0.2) is 57.5 Å². The van der Waals surface area contributed by atoms with Gasteiger partial charge in [-0.2, -0.15) is 0 Å². The Kier molecular flexibility index (Phi) is 8.21. The zero-order valence-corrected chi connectivity index (χ0v) is 23.0. The summed E-state index contributed by atoms with van der Waals surface area (Å²) in [5.41, 5.74) is 1.92. The van der Waals surface area contributed by atoms with Crippen LogP contribution >= 0.6 is 11.3 Å². The summed E-state index contributed by atoms with van der Waals surface area (Å²) in [6.07, 6.45) is 1.77. The van der Waals surface area contributed by atoms with Gasteiger partial charge < -0.3 is 23.7 Å². The molecule has 0 saturated carbocycles. The fourth-order valence-electron chi connectivity index (χ4n) is 4.33. The van der Waals surface area contributed by atoms with Crippen LogP contribution in [0.25, 0.3) is 6.08 Å². The van der Waals surface area contributed by atoms with Gasteiger partial charge in [0.25, 0.3) is 5.56 Å². The molecule has 1 aromatic heterocycles. The minimum Gasteiger partial charge on any atom is -0.493 e. The molecule has 2 heterocycles. The lowest BCUT2D eigenvalue weighted by atomic mass is 9.95. The van der Waals surface area contributed by atoms with Gasteiger partial charge in [0.05, 0.1) is 56.4 Å². The number of fused-ring (bicyclic) bond motifs is 1. The van der Waals surface area contributed by atoms with Crippen molar-refractivity contribution in [2.75, 3.05) is 34.5 Å². The van der Waals surface area contributed by atoms with E-state index in [1.807, 2.05) is 19.1 Å². The normalized spacial score (nSPS) is 15.0. The number of nitrogens with zero attached hydrogens (tertiary/aromatic N) is 2. The van der Waals surface area contributed by atoms with Gasteiger partial charge in [-0.25, -0.2) is 9.79 Å². The fraction of sp³-hybridized carbons (Fsp3) is 0.321. The van der Waals surface area contributed by atoms with Gasteiger partial charge in [-0.1, -0.05) is 23.5 Å². The number of benzene rings is 2. The summed E-state index contributed by atoms with van der Waals surface area (Å²) in [6, 6.07) is 10.0. The van der Waals surface area contributed by atoms with E-state index in [9.17, 15) is 9.59 Å². The van der Waals surface area contributed by atoms with E-state index in [4.69, 9.17) is 23.7 Å². The highest BCUT2D eigenvalue weighted by atomic mass is 32.1. The smallest absolute Gasteiger partial charge is 0.338 e. The Morgan fingerprint density at radius 1 is 0.974 bits per heavy atom. The van der Waals surface area contributed by atoms with Crippen molar-refractivity contribution in [1.82, 2.24) is 4.57 Å². The van der Waals surface area contributed by atoms with E-state index in [-0.39, 0.29) is 12.2 Å². The van der Waals surface area contributed by atoms with E-state index >= 15 is 0 Å². The third-order valence-electron chi connectivity index (χ3n) is 6.03. The number of allylic oxidation sites excluding steroid dienone is 1. The molecule has 0 bridgehead atoms. The van der Waals surface area contributed by atoms with Crippen LogP contribution in [0, 0.1) is 0 Å². The topological polar surface area (TPSA) is 97.6 Å². The van der Waals surface area contributed by atoms with Crippen molar-refractivity contribution < 1.29 is 28.5 Å². The van der Waals surface area contributed by atoms with Crippen molar-refractivity contribution in [2.24, 2.45) is 4.99 Å². The van der Waals surface area contributed by atoms with Gasteiger partial charge in [-0.15, -0.1) is 0 Å². The van der Waals surface area contributed by atoms with E-state index in [0.717, 1.165) is 5.56 Å². The first-order chi connectivity index (χ1) is 18.4. The maximum atomic E-state index is 13.8. The van der Waals surface area contributed by atoms with Crippen LogP contribution < -0.4 is 33.8 Å². The van der Waals surface area contributed by atoms with Gasteiger partial charge in [0, 0.05) is 0 Å². The first-order valence-corrected chi connectivity index (χ1v) is 12.9. The van der Waals surface area contributed by atoms with Crippen LogP contribution in [0.4, 0.5) is 0 Å². The van der Waals surface area contributed by atoms with Crippen molar-refractivity contribution in [3.63, 3.8) is 0 Å². The second kappa shape index (κ2) is 11.6. The monoisotopic (exact) mass is 538 g/mol. The summed E-state index contributed by atoms with van der Waals surface area (Å²) in [7, 11) is 4.65. The minimum absolute atomic E-state index is 0.193. The molecule has 0 fully saturated rings. The molecule has 0 N–H and O–H groups in total. The van der Waals surface area contributed by atoms with Crippen molar-refractivity contribution in [2.45, 2.75) is 26.8 Å². The number of hydrogen-bond donors (Lipinski definition) is 0. The molecule has 200 valence electrons. The Hall–Kier alpha value is -4.05. The molecule has 0 amide bonds. The molecule has 9 nitrogen and oxygen atoms in total. The van der Waals surface area contributed by atoms with E-state index in [0.29, 0.717) is 55.8 Å². The molecular formula is C28H30N2O7S. The number of aromatic nitrogens is 1. The summed E-state index contributed by atoms with van der Waals surface area (Å²) in [4.78, 5) is 32.0. The molecule has 1 aliphatic heterocycles. The number of rotatable bonds is 9. The van der Waals surface area contributed by atoms with Gasteiger partial charge in [0.1, 0.15) is 0 Å². The molecule has 0 aliphatic carbocycles. The van der Waals surface area contributed by atoms with Crippen molar-refractivity contribution >= 4 is 23.4 Å². The summed E-state index contributed by atoms with van der Waals surface area (Å²) in [5.74, 6) is 1.67. The molecule has 3 aromatic rings. The predicted octanol–water partition coefficient (Wildman–Crippen LogP) is 3.22.